The lowest BCUT2D eigenvalue weighted by atomic mass is 9.98. The predicted octanol–water partition coefficient (Wildman–Crippen LogP) is 5.47. The van der Waals surface area contributed by atoms with Gasteiger partial charge in [-0.3, -0.25) is 9.59 Å². The topological polar surface area (TPSA) is 87.5 Å². The van der Waals surface area contributed by atoms with Crippen molar-refractivity contribution in [3.8, 4) is 0 Å². The third-order valence-corrected chi connectivity index (χ3v) is 6.08. The molecule has 0 bridgehead atoms. The van der Waals surface area contributed by atoms with Crippen LogP contribution >= 0.6 is 0 Å². The normalized spacial score (nSPS) is 14.9. The van der Waals surface area contributed by atoms with E-state index in [2.05, 4.69) is 10.6 Å². The van der Waals surface area contributed by atoms with Crippen molar-refractivity contribution in [2.75, 3.05) is 22.1 Å². The van der Waals surface area contributed by atoms with Crippen molar-refractivity contribution < 1.29 is 22.8 Å². The second-order valence-corrected chi connectivity index (χ2v) is 8.61. The van der Waals surface area contributed by atoms with E-state index in [1.807, 2.05) is 0 Å². The van der Waals surface area contributed by atoms with E-state index in [0.29, 0.717) is 30.0 Å². The number of piperidine rings is 1. The molecule has 0 aromatic heterocycles. The summed E-state index contributed by atoms with van der Waals surface area (Å²) in [7, 11) is 0. The fourth-order valence-corrected chi connectivity index (χ4v) is 4.26. The van der Waals surface area contributed by atoms with Gasteiger partial charge in [-0.2, -0.15) is 13.2 Å². The predicted molar refractivity (Wildman–Crippen MR) is 133 cm³/mol. The molecule has 1 saturated heterocycles. The highest BCUT2D eigenvalue weighted by molar-refractivity contribution is 5.98. The van der Waals surface area contributed by atoms with Gasteiger partial charge in [0.05, 0.1) is 5.56 Å². The molecule has 2 amide bonds. The van der Waals surface area contributed by atoms with Crippen LogP contribution in [0.1, 0.15) is 42.0 Å². The molecular formula is C27H27F3N4O2. The molecule has 1 aliphatic heterocycles. The van der Waals surface area contributed by atoms with Gasteiger partial charge in [0.1, 0.15) is 6.04 Å². The molecule has 3 aromatic carbocycles. The quantitative estimate of drug-likeness (QED) is 0.405. The molecule has 0 saturated carbocycles. The van der Waals surface area contributed by atoms with E-state index in [1.165, 1.54) is 18.2 Å². The summed E-state index contributed by atoms with van der Waals surface area (Å²) in [6.45, 7) is 0.879. The molecule has 36 heavy (non-hydrogen) atoms. The van der Waals surface area contributed by atoms with Crippen LogP contribution in [0.25, 0.3) is 0 Å². The average Bonchev–Trinajstić information content (AvgIpc) is 2.88. The first-order chi connectivity index (χ1) is 17.3. The molecule has 0 unspecified atom stereocenters. The van der Waals surface area contributed by atoms with Gasteiger partial charge in [-0.05, 0) is 66.4 Å². The molecule has 9 heteroatoms. The van der Waals surface area contributed by atoms with E-state index in [1.54, 1.807) is 53.4 Å². The third kappa shape index (κ3) is 5.85. The van der Waals surface area contributed by atoms with Gasteiger partial charge >= 0.3 is 6.18 Å². The third-order valence-electron chi connectivity index (χ3n) is 6.08. The monoisotopic (exact) mass is 496 g/mol. The fraction of sp³-hybridized carbons (Fsp3) is 0.259. The van der Waals surface area contributed by atoms with Crippen LogP contribution in [0.3, 0.4) is 0 Å². The Hall–Kier alpha value is -3.85. The Balaban J connectivity index is 1.62. The fourth-order valence-electron chi connectivity index (χ4n) is 4.26. The van der Waals surface area contributed by atoms with Crippen LogP contribution in [0.5, 0.6) is 0 Å². The number of anilines is 3. The molecule has 0 spiro atoms. The van der Waals surface area contributed by atoms with Crippen molar-refractivity contribution in [3.05, 3.63) is 89.5 Å². The van der Waals surface area contributed by atoms with Gasteiger partial charge in [0.25, 0.3) is 5.91 Å². The molecule has 1 fully saturated rings. The van der Waals surface area contributed by atoms with Crippen molar-refractivity contribution in [3.63, 3.8) is 0 Å². The molecule has 1 heterocycles. The van der Waals surface area contributed by atoms with Gasteiger partial charge in [0.2, 0.25) is 5.91 Å². The summed E-state index contributed by atoms with van der Waals surface area (Å²) in [4.78, 5) is 27.2. The standard InChI is InChI=1S/C27H27F3N4O2/c28-27(29,30)23-9-2-1-8-22(23)25(32-20-7-5-6-18(16-20)17-31)26(36)33-19-11-13-21(14-12-19)34-15-4-3-10-24(34)35/h1-2,5-9,11-14,16,25,32H,3-4,10,15,17,31H2,(H,33,36)/t25-/m1/s1. The van der Waals surface area contributed by atoms with E-state index in [4.69, 9.17) is 5.73 Å². The molecule has 1 aliphatic rings. The van der Waals surface area contributed by atoms with Crippen LogP contribution in [0.15, 0.2) is 72.8 Å². The summed E-state index contributed by atoms with van der Waals surface area (Å²) in [6, 6.07) is 17.2. The lowest BCUT2D eigenvalue weighted by molar-refractivity contribution is -0.138. The first-order valence-corrected chi connectivity index (χ1v) is 11.7. The molecule has 1 atom stereocenters. The molecule has 4 N–H and O–H groups in total. The number of carbonyl (C=O) groups is 2. The first-order valence-electron chi connectivity index (χ1n) is 11.7. The summed E-state index contributed by atoms with van der Waals surface area (Å²) in [5.74, 6) is -0.614. The Labute approximate surface area is 207 Å². The van der Waals surface area contributed by atoms with Crippen molar-refractivity contribution in [1.82, 2.24) is 0 Å². The number of halogens is 3. The maximum atomic E-state index is 13.8. The minimum Gasteiger partial charge on any atom is -0.370 e. The van der Waals surface area contributed by atoms with Gasteiger partial charge in [0.15, 0.2) is 0 Å². The molecule has 188 valence electrons. The average molecular weight is 497 g/mol. The highest BCUT2D eigenvalue weighted by Gasteiger charge is 2.37. The summed E-state index contributed by atoms with van der Waals surface area (Å²) in [5.41, 5.74) is 6.96. The number of benzene rings is 3. The molecular weight excluding hydrogens is 469 g/mol. The largest absolute Gasteiger partial charge is 0.416 e. The summed E-state index contributed by atoms with van der Waals surface area (Å²) in [6.07, 6.45) is -2.36. The van der Waals surface area contributed by atoms with Gasteiger partial charge in [-0.1, -0.05) is 30.3 Å². The number of hydrogen-bond donors (Lipinski definition) is 3. The van der Waals surface area contributed by atoms with Crippen LogP contribution in [0.2, 0.25) is 0 Å². The van der Waals surface area contributed by atoms with Crippen molar-refractivity contribution in [2.24, 2.45) is 5.73 Å². The zero-order valence-electron chi connectivity index (χ0n) is 19.5. The lowest BCUT2D eigenvalue weighted by Crippen LogP contribution is -2.35. The Morgan fingerprint density at radius 1 is 0.972 bits per heavy atom. The Morgan fingerprint density at radius 3 is 2.42 bits per heavy atom. The number of nitrogens with one attached hydrogen (secondary N) is 2. The van der Waals surface area contributed by atoms with Gasteiger partial charge in [-0.25, -0.2) is 0 Å². The van der Waals surface area contributed by atoms with E-state index in [9.17, 15) is 22.8 Å². The number of hydrogen-bond acceptors (Lipinski definition) is 4. The number of nitrogens with two attached hydrogens (primary N) is 1. The van der Waals surface area contributed by atoms with Crippen LogP contribution < -0.4 is 21.3 Å². The van der Waals surface area contributed by atoms with Crippen LogP contribution in [-0.4, -0.2) is 18.4 Å². The van der Waals surface area contributed by atoms with Gasteiger partial charge < -0.3 is 21.3 Å². The molecule has 4 rings (SSSR count). The SMILES string of the molecule is NCc1cccc(N[C@@H](C(=O)Nc2ccc(N3CCCCC3=O)cc2)c2ccccc2C(F)(F)F)c1. The molecule has 3 aromatic rings. The van der Waals surface area contributed by atoms with E-state index in [0.717, 1.165) is 24.5 Å². The zero-order valence-corrected chi connectivity index (χ0v) is 19.5. The Morgan fingerprint density at radius 2 is 1.72 bits per heavy atom. The van der Waals surface area contributed by atoms with Crippen LogP contribution in [0.4, 0.5) is 30.2 Å². The number of amides is 2. The Kier molecular flexibility index (Phi) is 7.59. The first kappa shape index (κ1) is 25.2. The van der Waals surface area contributed by atoms with E-state index in [-0.39, 0.29) is 18.0 Å². The summed E-state index contributed by atoms with van der Waals surface area (Å²) < 4.78 is 41.4. The molecule has 0 radical (unpaired) electrons. The summed E-state index contributed by atoms with van der Waals surface area (Å²) in [5, 5.41) is 5.66. The zero-order chi connectivity index (χ0) is 25.7. The summed E-state index contributed by atoms with van der Waals surface area (Å²) >= 11 is 0. The lowest BCUT2D eigenvalue weighted by Gasteiger charge is -2.27. The van der Waals surface area contributed by atoms with E-state index < -0.39 is 23.7 Å². The number of carbonyl (C=O) groups excluding carboxylic acids is 2. The van der Waals surface area contributed by atoms with E-state index >= 15 is 0 Å². The van der Waals surface area contributed by atoms with Crippen LogP contribution in [-0.2, 0) is 22.3 Å². The minimum atomic E-state index is -4.64. The Bertz CT molecular complexity index is 1230. The highest BCUT2D eigenvalue weighted by Crippen LogP contribution is 2.36. The highest BCUT2D eigenvalue weighted by atomic mass is 19.4. The molecule has 0 aliphatic carbocycles. The number of rotatable bonds is 7. The molecule has 6 nitrogen and oxygen atoms in total. The van der Waals surface area contributed by atoms with Crippen molar-refractivity contribution in [2.45, 2.75) is 38.0 Å². The van der Waals surface area contributed by atoms with Gasteiger partial charge in [-0.15, -0.1) is 0 Å². The van der Waals surface area contributed by atoms with Crippen molar-refractivity contribution in [1.29, 1.82) is 0 Å². The number of alkyl halides is 3. The second kappa shape index (κ2) is 10.8. The second-order valence-electron chi connectivity index (χ2n) is 8.61. The maximum Gasteiger partial charge on any atom is 0.416 e. The number of nitrogens with zero attached hydrogens (tertiary/aromatic N) is 1. The van der Waals surface area contributed by atoms with Crippen molar-refractivity contribution >= 4 is 28.9 Å². The smallest absolute Gasteiger partial charge is 0.370 e. The van der Waals surface area contributed by atoms with Crippen LogP contribution in [0, 0.1) is 0 Å². The van der Waals surface area contributed by atoms with Gasteiger partial charge in [0, 0.05) is 36.6 Å². The maximum absolute atomic E-state index is 13.8. The minimum absolute atomic E-state index is 0.0470.